The van der Waals surface area contributed by atoms with Crippen molar-refractivity contribution in [2.24, 2.45) is 5.73 Å². The molecule has 0 aliphatic carbocycles. The highest BCUT2D eigenvalue weighted by Crippen LogP contribution is 1.98. The van der Waals surface area contributed by atoms with E-state index in [1.807, 2.05) is 0 Å². The van der Waals surface area contributed by atoms with Gasteiger partial charge in [-0.2, -0.15) is 0 Å². The first-order valence-electron chi connectivity index (χ1n) is 2.84. The summed E-state index contributed by atoms with van der Waals surface area (Å²) in [4.78, 5) is 0. The molecule has 0 aromatic rings. The second-order valence-corrected chi connectivity index (χ2v) is 1.89. The summed E-state index contributed by atoms with van der Waals surface area (Å²) in [5.41, 5.74) is 5.15. The molecule has 0 amide bonds. The van der Waals surface area contributed by atoms with Crippen molar-refractivity contribution in [1.29, 1.82) is 5.41 Å². The molecule has 1 rings (SSSR count). The molecule has 10 heavy (non-hydrogen) atoms. The number of hydrogen-bond donors (Lipinski definition) is 2. The fraction of sp³-hybridized carbons (Fsp3) is 0.800. The minimum absolute atomic E-state index is 0. The van der Waals surface area contributed by atoms with Crippen molar-refractivity contribution in [2.45, 2.75) is 6.10 Å². The van der Waals surface area contributed by atoms with Gasteiger partial charge in [0.1, 0.15) is 11.9 Å². The van der Waals surface area contributed by atoms with Crippen molar-refractivity contribution in [3.8, 4) is 0 Å². The third kappa shape index (κ3) is 2.51. The molecule has 1 aliphatic heterocycles. The van der Waals surface area contributed by atoms with Gasteiger partial charge in [0.05, 0.1) is 19.8 Å². The van der Waals surface area contributed by atoms with Crippen molar-refractivity contribution >= 4 is 18.2 Å². The first kappa shape index (κ1) is 9.68. The fourth-order valence-corrected chi connectivity index (χ4v) is 0.667. The zero-order chi connectivity index (χ0) is 6.69. The summed E-state index contributed by atoms with van der Waals surface area (Å²) in [6.07, 6.45) is -0.307. The lowest BCUT2D eigenvalue weighted by molar-refractivity contribution is -0.0600. The Morgan fingerprint density at radius 1 is 1.50 bits per heavy atom. The molecule has 1 atom stereocenters. The summed E-state index contributed by atoms with van der Waals surface area (Å²) in [6, 6.07) is 0. The highest BCUT2D eigenvalue weighted by molar-refractivity contribution is 5.85. The number of hydrogen-bond acceptors (Lipinski definition) is 3. The molecule has 0 aromatic heterocycles. The maximum atomic E-state index is 6.96. The van der Waals surface area contributed by atoms with Gasteiger partial charge in [-0.05, 0) is 0 Å². The molecule has 0 aromatic carbocycles. The van der Waals surface area contributed by atoms with E-state index >= 15 is 0 Å². The van der Waals surface area contributed by atoms with E-state index in [-0.39, 0.29) is 24.3 Å². The molecule has 4 nitrogen and oxygen atoms in total. The van der Waals surface area contributed by atoms with E-state index in [0.29, 0.717) is 19.8 Å². The molecule has 60 valence electrons. The molecular formula is C5H11ClN2O2. The van der Waals surface area contributed by atoms with Crippen LogP contribution in [0.5, 0.6) is 0 Å². The van der Waals surface area contributed by atoms with Crippen LogP contribution in [-0.2, 0) is 9.47 Å². The van der Waals surface area contributed by atoms with Gasteiger partial charge >= 0.3 is 0 Å². The third-order valence-electron chi connectivity index (χ3n) is 1.16. The summed E-state index contributed by atoms with van der Waals surface area (Å²) < 4.78 is 10.1. The maximum Gasteiger partial charge on any atom is 0.137 e. The van der Waals surface area contributed by atoms with Crippen LogP contribution in [0.4, 0.5) is 0 Å². The number of nitrogens with two attached hydrogens (primary N) is 1. The number of amidine groups is 1. The Labute approximate surface area is 65.6 Å². The van der Waals surface area contributed by atoms with Crippen LogP contribution in [-0.4, -0.2) is 31.8 Å². The Balaban J connectivity index is 0.000000810. The first-order valence-corrected chi connectivity index (χ1v) is 2.84. The minimum atomic E-state index is -0.307. The van der Waals surface area contributed by atoms with Crippen LogP contribution in [0, 0.1) is 5.41 Å². The summed E-state index contributed by atoms with van der Waals surface area (Å²) >= 11 is 0. The fourth-order valence-electron chi connectivity index (χ4n) is 0.667. The van der Waals surface area contributed by atoms with E-state index < -0.39 is 0 Å². The highest BCUT2D eigenvalue weighted by atomic mass is 35.5. The van der Waals surface area contributed by atoms with Crippen LogP contribution in [0.3, 0.4) is 0 Å². The van der Waals surface area contributed by atoms with Crippen LogP contribution >= 0.6 is 12.4 Å². The molecule has 1 unspecified atom stereocenters. The van der Waals surface area contributed by atoms with Crippen molar-refractivity contribution < 1.29 is 9.47 Å². The predicted octanol–water partition coefficient (Wildman–Crippen LogP) is -0.240. The molecule has 1 heterocycles. The van der Waals surface area contributed by atoms with Gasteiger partial charge in [-0.25, -0.2) is 0 Å². The van der Waals surface area contributed by atoms with E-state index in [4.69, 9.17) is 20.6 Å². The van der Waals surface area contributed by atoms with Crippen LogP contribution < -0.4 is 5.73 Å². The smallest absolute Gasteiger partial charge is 0.137 e. The van der Waals surface area contributed by atoms with Gasteiger partial charge in [0.15, 0.2) is 0 Å². The quantitative estimate of drug-likeness (QED) is 0.417. The van der Waals surface area contributed by atoms with Gasteiger partial charge < -0.3 is 15.2 Å². The van der Waals surface area contributed by atoms with Crippen molar-refractivity contribution in [2.75, 3.05) is 19.8 Å². The molecular weight excluding hydrogens is 156 g/mol. The second-order valence-electron chi connectivity index (χ2n) is 1.89. The van der Waals surface area contributed by atoms with E-state index in [9.17, 15) is 0 Å². The lowest BCUT2D eigenvalue weighted by Crippen LogP contribution is -2.39. The number of nitrogens with one attached hydrogen (secondary N) is 1. The Hall–Kier alpha value is -0.320. The number of ether oxygens (including phenoxy) is 2. The molecule has 3 N–H and O–H groups in total. The lowest BCUT2D eigenvalue weighted by atomic mass is 10.3. The van der Waals surface area contributed by atoms with E-state index in [2.05, 4.69) is 0 Å². The Morgan fingerprint density at radius 3 is 2.50 bits per heavy atom. The van der Waals surface area contributed by atoms with Crippen molar-refractivity contribution in [1.82, 2.24) is 0 Å². The van der Waals surface area contributed by atoms with E-state index in [1.165, 1.54) is 0 Å². The van der Waals surface area contributed by atoms with Crippen LogP contribution in [0.1, 0.15) is 0 Å². The van der Waals surface area contributed by atoms with Crippen molar-refractivity contribution in [3.63, 3.8) is 0 Å². The molecule has 0 radical (unpaired) electrons. The first-order chi connectivity index (χ1) is 4.30. The van der Waals surface area contributed by atoms with Gasteiger partial charge in [0.25, 0.3) is 0 Å². The Kier molecular flexibility index (Phi) is 4.34. The van der Waals surface area contributed by atoms with Crippen LogP contribution in [0.25, 0.3) is 0 Å². The molecule has 1 fully saturated rings. The van der Waals surface area contributed by atoms with Gasteiger partial charge in [-0.15, -0.1) is 12.4 Å². The number of rotatable bonds is 1. The Bertz CT molecular complexity index is 114. The third-order valence-corrected chi connectivity index (χ3v) is 1.16. The highest BCUT2D eigenvalue weighted by Gasteiger charge is 2.15. The average molecular weight is 167 g/mol. The van der Waals surface area contributed by atoms with E-state index in [0.717, 1.165) is 0 Å². The molecule has 0 spiro atoms. The summed E-state index contributed by atoms with van der Waals surface area (Å²) in [6.45, 7) is 1.59. The van der Waals surface area contributed by atoms with Gasteiger partial charge in [-0.1, -0.05) is 0 Å². The van der Waals surface area contributed by atoms with E-state index in [1.54, 1.807) is 0 Å². The molecule has 1 aliphatic rings. The summed E-state index contributed by atoms with van der Waals surface area (Å²) in [5, 5.41) is 6.96. The largest absolute Gasteiger partial charge is 0.385 e. The van der Waals surface area contributed by atoms with Crippen molar-refractivity contribution in [3.05, 3.63) is 0 Å². The lowest BCUT2D eigenvalue weighted by Gasteiger charge is -2.21. The second kappa shape index (κ2) is 4.49. The molecule has 1 saturated heterocycles. The summed E-state index contributed by atoms with van der Waals surface area (Å²) in [7, 11) is 0. The topological polar surface area (TPSA) is 68.3 Å². The zero-order valence-corrected chi connectivity index (χ0v) is 6.32. The molecule has 5 heteroatoms. The van der Waals surface area contributed by atoms with Gasteiger partial charge in [0.2, 0.25) is 0 Å². The average Bonchev–Trinajstić information content (AvgIpc) is 1.90. The Morgan fingerprint density at radius 2 is 2.20 bits per heavy atom. The molecule has 0 saturated carbocycles. The normalized spacial score (nSPS) is 25.0. The van der Waals surface area contributed by atoms with Crippen LogP contribution in [0.2, 0.25) is 0 Å². The summed E-state index contributed by atoms with van der Waals surface area (Å²) in [5.74, 6) is 0.0506. The minimum Gasteiger partial charge on any atom is -0.385 e. The zero-order valence-electron chi connectivity index (χ0n) is 5.50. The SMILES string of the molecule is Cl.N=C(N)C1COCCO1. The van der Waals surface area contributed by atoms with Crippen LogP contribution in [0.15, 0.2) is 0 Å². The monoisotopic (exact) mass is 166 g/mol. The molecule has 0 bridgehead atoms. The van der Waals surface area contributed by atoms with Gasteiger partial charge in [-0.3, -0.25) is 5.41 Å². The number of halogens is 1. The standard InChI is InChI=1S/C5H10N2O2.ClH/c6-5(7)4-3-8-1-2-9-4;/h4H,1-3H2,(H3,6,7);1H. The van der Waals surface area contributed by atoms with Gasteiger partial charge in [0, 0.05) is 0 Å². The maximum absolute atomic E-state index is 6.96. The predicted molar refractivity (Wildman–Crippen MR) is 39.7 cm³/mol.